The van der Waals surface area contributed by atoms with E-state index in [1.54, 1.807) is 13.0 Å². The molecule has 2 heteroatoms. The molecule has 1 N–H and O–H groups in total. The molecular weight excluding hydrogens is 261 g/mol. The van der Waals surface area contributed by atoms with Gasteiger partial charge in [0.1, 0.15) is 5.82 Å². The number of anilines is 1. The molecule has 1 aliphatic rings. The van der Waals surface area contributed by atoms with Gasteiger partial charge in [-0.2, -0.15) is 0 Å². The van der Waals surface area contributed by atoms with E-state index in [1.165, 1.54) is 11.3 Å². The van der Waals surface area contributed by atoms with Gasteiger partial charge in [0.15, 0.2) is 0 Å². The lowest BCUT2D eigenvalue weighted by atomic mass is 9.75. The SMILES string of the molecule is CCCC1(CC)Nc2ccc(-c3ccc(C)c(F)c3)cc21. The molecule has 1 nitrogen and oxygen atoms in total. The van der Waals surface area contributed by atoms with E-state index in [1.807, 2.05) is 12.1 Å². The molecule has 0 bridgehead atoms. The predicted molar refractivity (Wildman–Crippen MR) is 87.1 cm³/mol. The standard InChI is InChI=1S/C19H22FN/c1-4-10-19(5-2)16-11-14(8-9-18(16)21-19)15-7-6-13(3)17(20)12-15/h6-9,11-12,21H,4-5,10H2,1-3H3. The number of hydrogen-bond acceptors (Lipinski definition) is 1. The molecule has 0 radical (unpaired) electrons. The molecule has 2 aromatic carbocycles. The van der Waals surface area contributed by atoms with Crippen molar-refractivity contribution in [3.05, 3.63) is 53.3 Å². The highest BCUT2D eigenvalue weighted by Crippen LogP contribution is 2.48. The highest BCUT2D eigenvalue weighted by atomic mass is 19.1. The Morgan fingerprint density at radius 2 is 1.76 bits per heavy atom. The summed E-state index contributed by atoms with van der Waals surface area (Å²) in [5.74, 6) is -0.136. The summed E-state index contributed by atoms with van der Waals surface area (Å²) in [5.41, 5.74) is 5.46. The summed E-state index contributed by atoms with van der Waals surface area (Å²) < 4.78 is 13.8. The van der Waals surface area contributed by atoms with Crippen LogP contribution in [-0.4, -0.2) is 0 Å². The molecule has 0 saturated heterocycles. The zero-order valence-electron chi connectivity index (χ0n) is 13.0. The van der Waals surface area contributed by atoms with Crippen molar-refractivity contribution >= 4 is 5.69 Å². The first kappa shape index (κ1) is 14.1. The first-order valence-electron chi connectivity index (χ1n) is 7.79. The molecule has 0 fully saturated rings. The van der Waals surface area contributed by atoms with Gasteiger partial charge < -0.3 is 5.32 Å². The molecule has 1 unspecified atom stereocenters. The van der Waals surface area contributed by atoms with Gasteiger partial charge >= 0.3 is 0 Å². The predicted octanol–water partition coefficient (Wildman–Crippen LogP) is 5.63. The van der Waals surface area contributed by atoms with Crippen LogP contribution >= 0.6 is 0 Å². The maximum absolute atomic E-state index is 13.8. The number of nitrogens with one attached hydrogen (secondary N) is 1. The second-order valence-corrected chi connectivity index (χ2v) is 6.03. The molecule has 3 rings (SSSR count). The van der Waals surface area contributed by atoms with Crippen molar-refractivity contribution in [2.75, 3.05) is 5.32 Å². The van der Waals surface area contributed by atoms with Crippen LogP contribution < -0.4 is 5.32 Å². The Labute approximate surface area is 126 Å². The van der Waals surface area contributed by atoms with E-state index in [9.17, 15) is 4.39 Å². The molecule has 0 aliphatic carbocycles. The van der Waals surface area contributed by atoms with Crippen molar-refractivity contribution in [1.82, 2.24) is 0 Å². The van der Waals surface area contributed by atoms with E-state index in [0.717, 1.165) is 30.4 Å². The van der Waals surface area contributed by atoms with Crippen molar-refractivity contribution in [3.63, 3.8) is 0 Å². The van der Waals surface area contributed by atoms with E-state index in [2.05, 4.69) is 37.4 Å². The van der Waals surface area contributed by atoms with Crippen LogP contribution in [0.25, 0.3) is 11.1 Å². The minimum atomic E-state index is -0.136. The summed E-state index contributed by atoms with van der Waals surface area (Å²) in [5, 5.41) is 3.61. The molecule has 1 atom stereocenters. The third kappa shape index (κ3) is 2.23. The first-order valence-corrected chi connectivity index (χ1v) is 7.79. The van der Waals surface area contributed by atoms with Crippen LogP contribution in [0.2, 0.25) is 0 Å². The van der Waals surface area contributed by atoms with Crippen LogP contribution in [0.4, 0.5) is 10.1 Å². The Morgan fingerprint density at radius 3 is 2.43 bits per heavy atom. The van der Waals surface area contributed by atoms with Crippen LogP contribution in [0.5, 0.6) is 0 Å². The maximum Gasteiger partial charge on any atom is 0.126 e. The number of benzene rings is 2. The summed E-state index contributed by atoms with van der Waals surface area (Å²) in [7, 11) is 0. The van der Waals surface area contributed by atoms with Gasteiger partial charge in [-0.1, -0.05) is 38.5 Å². The van der Waals surface area contributed by atoms with Crippen LogP contribution in [0.15, 0.2) is 36.4 Å². The molecular formula is C19H22FN. The van der Waals surface area contributed by atoms with Gasteiger partial charge in [-0.3, -0.25) is 0 Å². The summed E-state index contributed by atoms with van der Waals surface area (Å²) >= 11 is 0. The van der Waals surface area contributed by atoms with E-state index < -0.39 is 0 Å². The number of aryl methyl sites for hydroxylation is 1. The third-order valence-electron chi connectivity index (χ3n) is 4.69. The minimum absolute atomic E-state index is 0.114. The van der Waals surface area contributed by atoms with Crippen molar-refractivity contribution in [2.45, 2.75) is 45.6 Å². The fourth-order valence-corrected chi connectivity index (χ4v) is 3.34. The van der Waals surface area contributed by atoms with E-state index in [4.69, 9.17) is 0 Å². The molecule has 2 aromatic rings. The summed E-state index contributed by atoms with van der Waals surface area (Å²) in [6.45, 7) is 6.24. The van der Waals surface area contributed by atoms with Crippen molar-refractivity contribution in [2.24, 2.45) is 0 Å². The lowest BCUT2D eigenvalue weighted by Crippen LogP contribution is -2.43. The summed E-state index contributed by atoms with van der Waals surface area (Å²) in [6.07, 6.45) is 3.38. The van der Waals surface area contributed by atoms with Gasteiger partial charge in [0.25, 0.3) is 0 Å². The van der Waals surface area contributed by atoms with Gasteiger partial charge in [-0.15, -0.1) is 0 Å². The van der Waals surface area contributed by atoms with E-state index >= 15 is 0 Å². The maximum atomic E-state index is 13.8. The number of halogens is 1. The van der Waals surface area contributed by atoms with Gasteiger partial charge in [-0.25, -0.2) is 4.39 Å². The smallest absolute Gasteiger partial charge is 0.126 e. The summed E-state index contributed by atoms with van der Waals surface area (Å²) in [4.78, 5) is 0. The Hall–Kier alpha value is -1.83. The molecule has 1 aliphatic heterocycles. The van der Waals surface area contributed by atoms with Crippen molar-refractivity contribution in [1.29, 1.82) is 0 Å². The van der Waals surface area contributed by atoms with Crippen LogP contribution in [0.1, 0.15) is 44.2 Å². The van der Waals surface area contributed by atoms with E-state index in [-0.39, 0.29) is 11.4 Å². The topological polar surface area (TPSA) is 12.0 Å². The zero-order valence-corrected chi connectivity index (χ0v) is 13.0. The molecule has 110 valence electrons. The van der Waals surface area contributed by atoms with E-state index in [0.29, 0.717) is 5.56 Å². The number of rotatable bonds is 4. The highest BCUT2D eigenvalue weighted by Gasteiger charge is 2.39. The van der Waals surface area contributed by atoms with Gasteiger partial charge in [-0.05, 0) is 54.7 Å². The van der Waals surface area contributed by atoms with Gasteiger partial charge in [0.05, 0.1) is 5.54 Å². The zero-order chi connectivity index (χ0) is 15.0. The monoisotopic (exact) mass is 283 g/mol. The fraction of sp³-hybridized carbons (Fsp3) is 0.368. The largest absolute Gasteiger partial charge is 0.375 e. The Balaban J connectivity index is 2.01. The first-order chi connectivity index (χ1) is 10.1. The molecule has 0 amide bonds. The minimum Gasteiger partial charge on any atom is -0.375 e. The average molecular weight is 283 g/mol. The number of fused-ring (bicyclic) bond motifs is 1. The highest BCUT2D eigenvalue weighted by molar-refractivity contribution is 5.75. The Morgan fingerprint density at radius 1 is 1.05 bits per heavy atom. The normalized spacial score (nSPS) is 19.6. The Bertz CT molecular complexity index is 677. The molecule has 0 aromatic heterocycles. The van der Waals surface area contributed by atoms with Crippen LogP contribution in [-0.2, 0) is 5.54 Å². The summed E-state index contributed by atoms with van der Waals surface area (Å²) in [6, 6.07) is 11.9. The number of hydrogen-bond donors (Lipinski definition) is 1. The average Bonchev–Trinajstić information content (AvgIpc) is 2.47. The van der Waals surface area contributed by atoms with Crippen LogP contribution in [0.3, 0.4) is 0 Å². The second-order valence-electron chi connectivity index (χ2n) is 6.03. The van der Waals surface area contributed by atoms with Crippen molar-refractivity contribution < 1.29 is 4.39 Å². The van der Waals surface area contributed by atoms with Crippen LogP contribution in [0, 0.1) is 12.7 Å². The lowest BCUT2D eigenvalue weighted by Gasteiger charge is -2.46. The third-order valence-corrected chi connectivity index (χ3v) is 4.69. The Kier molecular flexibility index (Phi) is 3.48. The quantitative estimate of drug-likeness (QED) is 0.766. The van der Waals surface area contributed by atoms with Gasteiger partial charge in [0.2, 0.25) is 0 Å². The molecule has 1 heterocycles. The molecule has 21 heavy (non-hydrogen) atoms. The lowest BCUT2D eigenvalue weighted by molar-refractivity contribution is 0.399. The second kappa shape index (κ2) is 5.18. The molecule has 0 spiro atoms. The molecule has 0 saturated carbocycles. The fourth-order valence-electron chi connectivity index (χ4n) is 3.34. The van der Waals surface area contributed by atoms with Gasteiger partial charge in [0, 0.05) is 11.3 Å². The van der Waals surface area contributed by atoms with Crippen molar-refractivity contribution in [3.8, 4) is 11.1 Å².